The fourth-order valence-electron chi connectivity index (χ4n) is 2.36. The molecule has 0 aliphatic rings. The van der Waals surface area contributed by atoms with E-state index in [4.69, 9.17) is 15.2 Å². The van der Waals surface area contributed by atoms with Gasteiger partial charge in [0.05, 0.1) is 0 Å². The zero-order chi connectivity index (χ0) is 15.1. The second-order valence-corrected chi connectivity index (χ2v) is 6.50. The number of hydrogen-bond acceptors (Lipinski definition) is 4. The first-order chi connectivity index (χ1) is 8.78. The predicted octanol–water partition coefficient (Wildman–Crippen LogP) is 2.33. The number of hydrogen-bond donors (Lipinski definition) is 1. The molecular weight excluding hydrogens is 240 g/mol. The lowest BCUT2D eigenvalue weighted by atomic mass is 9.92. The highest BCUT2D eigenvalue weighted by Crippen LogP contribution is 2.24. The molecule has 0 aliphatic carbocycles. The van der Waals surface area contributed by atoms with Crippen molar-refractivity contribution in [2.75, 3.05) is 33.9 Å². The first-order valence-corrected chi connectivity index (χ1v) is 7.29. The number of ether oxygens (including phenoxy) is 2. The molecule has 0 bridgehead atoms. The molecule has 0 fully saturated rings. The molecule has 4 heteroatoms. The Bertz CT molecular complexity index is 220. The van der Waals surface area contributed by atoms with E-state index in [1.165, 1.54) is 0 Å². The Labute approximate surface area is 119 Å². The van der Waals surface area contributed by atoms with E-state index in [2.05, 4.69) is 39.5 Å². The molecule has 0 amide bonds. The molecule has 116 valence electrons. The van der Waals surface area contributed by atoms with Crippen LogP contribution in [-0.4, -0.2) is 50.6 Å². The van der Waals surface area contributed by atoms with Crippen molar-refractivity contribution in [2.45, 2.75) is 52.9 Å². The first kappa shape index (κ1) is 18.8. The number of nitrogens with two attached hydrogens (primary N) is 1. The average Bonchev–Trinajstić information content (AvgIpc) is 2.33. The van der Waals surface area contributed by atoms with Crippen LogP contribution in [0.3, 0.4) is 0 Å². The molecule has 1 unspecified atom stereocenters. The van der Waals surface area contributed by atoms with Crippen LogP contribution in [0.25, 0.3) is 0 Å². The summed E-state index contributed by atoms with van der Waals surface area (Å²) in [4.78, 5) is 2.49. The summed E-state index contributed by atoms with van der Waals surface area (Å²) >= 11 is 0. The van der Waals surface area contributed by atoms with Crippen molar-refractivity contribution in [3.8, 4) is 0 Å². The van der Waals surface area contributed by atoms with Gasteiger partial charge in [-0.15, -0.1) is 0 Å². The van der Waals surface area contributed by atoms with E-state index < -0.39 is 0 Å². The summed E-state index contributed by atoms with van der Waals surface area (Å²) in [6.45, 7) is 13.9. The molecule has 1 atom stereocenters. The minimum Gasteiger partial charge on any atom is -0.356 e. The minimum absolute atomic E-state index is 0.0920. The lowest BCUT2D eigenvalue weighted by Crippen LogP contribution is -2.55. The van der Waals surface area contributed by atoms with E-state index in [0.29, 0.717) is 18.4 Å². The molecule has 0 aromatic heterocycles. The van der Waals surface area contributed by atoms with E-state index in [1.807, 2.05) is 0 Å². The Balaban J connectivity index is 4.94. The Morgan fingerprint density at radius 3 is 1.68 bits per heavy atom. The molecule has 0 aromatic carbocycles. The number of rotatable bonds is 10. The van der Waals surface area contributed by atoms with Crippen LogP contribution in [-0.2, 0) is 9.47 Å². The number of nitrogens with zero attached hydrogens (tertiary/aromatic N) is 1. The first-order valence-electron chi connectivity index (χ1n) is 7.29. The molecule has 4 nitrogen and oxygen atoms in total. The van der Waals surface area contributed by atoms with Gasteiger partial charge in [0.25, 0.3) is 0 Å². The lowest BCUT2D eigenvalue weighted by Gasteiger charge is -2.44. The fourth-order valence-corrected chi connectivity index (χ4v) is 2.36. The average molecular weight is 274 g/mol. The monoisotopic (exact) mass is 274 g/mol. The van der Waals surface area contributed by atoms with E-state index in [0.717, 1.165) is 19.5 Å². The van der Waals surface area contributed by atoms with Gasteiger partial charge in [0, 0.05) is 45.8 Å². The van der Waals surface area contributed by atoms with Gasteiger partial charge in [-0.2, -0.15) is 0 Å². The van der Waals surface area contributed by atoms with Gasteiger partial charge >= 0.3 is 0 Å². The van der Waals surface area contributed by atoms with Crippen LogP contribution in [0.2, 0.25) is 0 Å². The Morgan fingerprint density at radius 1 is 1.00 bits per heavy atom. The molecule has 0 saturated heterocycles. The maximum absolute atomic E-state index is 6.06. The van der Waals surface area contributed by atoms with Crippen molar-refractivity contribution in [1.29, 1.82) is 0 Å². The van der Waals surface area contributed by atoms with Gasteiger partial charge in [-0.05, 0) is 18.8 Å². The van der Waals surface area contributed by atoms with Crippen molar-refractivity contribution >= 4 is 0 Å². The van der Waals surface area contributed by atoms with Crippen molar-refractivity contribution in [3.63, 3.8) is 0 Å². The van der Waals surface area contributed by atoms with Gasteiger partial charge in [0.2, 0.25) is 0 Å². The third kappa shape index (κ3) is 6.70. The second kappa shape index (κ2) is 8.90. The molecule has 0 heterocycles. The van der Waals surface area contributed by atoms with Gasteiger partial charge in [0.1, 0.15) is 0 Å². The lowest BCUT2D eigenvalue weighted by molar-refractivity contribution is -0.130. The fraction of sp³-hybridized carbons (Fsp3) is 1.00. The third-order valence-electron chi connectivity index (χ3n) is 3.51. The van der Waals surface area contributed by atoms with Gasteiger partial charge in [-0.25, -0.2) is 0 Å². The van der Waals surface area contributed by atoms with Crippen LogP contribution in [0.5, 0.6) is 0 Å². The van der Waals surface area contributed by atoms with Crippen LogP contribution >= 0.6 is 0 Å². The summed E-state index contributed by atoms with van der Waals surface area (Å²) in [7, 11) is 3.36. The van der Waals surface area contributed by atoms with Crippen LogP contribution < -0.4 is 5.73 Å². The van der Waals surface area contributed by atoms with Gasteiger partial charge < -0.3 is 15.2 Å². The van der Waals surface area contributed by atoms with E-state index in [-0.39, 0.29) is 11.8 Å². The van der Waals surface area contributed by atoms with Crippen LogP contribution in [0, 0.1) is 11.8 Å². The molecule has 19 heavy (non-hydrogen) atoms. The molecular formula is C15H34N2O2. The van der Waals surface area contributed by atoms with E-state index in [1.54, 1.807) is 14.2 Å². The highest BCUT2D eigenvalue weighted by Gasteiger charge is 2.34. The zero-order valence-electron chi connectivity index (χ0n) is 13.9. The zero-order valence-corrected chi connectivity index (χ0v) is 13.9. The highest BCUT2D eigenvalue weighted by atomic mass is 16.7. The maximum atomic E-state index is 6.06. The summed E-state index contributed by atoms with van der Waals surface area (Å²) in [6, 6.07) is 0. The summed E-state index contributed by atoms with van der Waals surface area (Å²) < 4.78 is 10.7. The molecule has 0 spiro atoms. The van der Waals surface area contributed by atoms with Crippen LogP contribution in [0.4, 0.5) is 0 Å². The van der Waals surface area contributed by atoms with Crippen LogP contribution in [0.1, 0.15) is 41.0 Å². The molecule has 0 rings (SSSR count). The molecule has 0 saturated carbocycles. The summed E-state index contributed by atoms with van der Waals surface area (Å²) in [5.41, 5.74) is 5.97. The second-order valence-electron chi connectivity index (χ2n) is 6.50. The summed E-state index contributed by atoms with van der Waals surface area (Å²) in [5, 5.41) is 0. The van der Waals surface area contributed by atoms with E-state index in [9.17, 15) is 0 Å². The topological polar surface area (TPSA) is 47.7 Å². The SMILES string of the molecule is COC(CC(C)(CN)N(CC(C)C)CC(C)C)OC. The minimum atomic E-state index is -0.199. The molecule has 0 aliphatic heterocycles. The largest absolute Gasteiger partial charge is 0.356 e. The third-order valence-corrected chi connectivity index (χ3v) is 3.51. The van der Waals surface area contributed by atoms with Gasteiger partial charge in [0.15, 0.2) is 6.29 Å². The molecule has 2 N–H and O–H groups in total. The van der Waals surface area contributed by atoms with Gasteiger partial charge in [-0.3, -0.25) is 4.90 Å². The molecule has 0 radical (unpaired) electrons. The smallest absolute Gasteiger partial charge is 0.158 e. The van der Waals surface area contributed by atoms with Crippen molar-refractivity contribution in [2.24, 2.45) is 17.6 Å². The normalized spacial score (nSPS) is 15.8. The predicted molar refractivity (Wildman–Crippen MR) is 81.1 cm³/mol. The Morgan fingerprint density at radius 2 is 1.42 bits per heavy atom. The highest BCUT2D eigenvalue weighted by molar-refractivity contribution is 4.89. The summed E-state index contributed by atoms with van der Waals surface area (Å²) in [5.74, 6) is 1.24. The Kier molecular flexibility index (Phi) is 8.83. The van der Waals surface area contributed by atoms with Gasteiger partial charge in [-0.1, -0.05) is 27.7 Å². The Hall–Kier alpha value is -0.160. The maximum Gasteiger partial charge on any atom is 0.158 e. The molecule has 0 aromatic rings. The van der Waals surface area contributed by atoms with Crippen molar-refractivity contribution < 1.29 is 9.47 Å². The van der Waals surface area contributed by atoms with Crippen molar-refractivity contribution in [3.05, 3.63) is 0 Å². The standard InChI is InChI=1S/C15H34N2O2/c1-12(2)9-17(10-13(3)4)15(5,11-16)8-14(18-6)19-7/h12-14H,8-11,16H2,1-7H3. The van der Waals surface area contributed by atoms with Crippen molar-refractivity contribution in [1.82, 2.24) is 4.90 Å². The number of methoxy groups -OCH3 is 2. The summed E-state index contributed by atoms with van der Waals surface area (Å²) in [6.07, 6.45) is 0.589. The van der Waals surface area contributed by atoms with Crippen LogP contribution in [0.15, 0.2) is 0 Å². The van der Waals surface area contributed by atoms with E-state index >= 15 is 0 Å². The quantitative estimate of drug-likeness (QED) is 0.621.